The lowest BCUT2D eigenvalue weighted by Crippen LogP contribution is -2.05. The highest BCUT2D eigenvalue weighted by Gasteiger charge is 2.38. The lowest BCUT2D eigenvalue weighted by atomic mass is 10.2. The summed E-state index contributed by atoms with van der Waals surface area (Å²) in [4.78, 5) is 15.5. The first kappa shape index (κ1) is 18.3. The summed E-state index contributed by atoms with van der Waals surface area (Å²) in [7, 11) is -3.02. The highest BCUT2D eigenvalue weighted by Crippen LogP contribution is 2.29. The van der Waals surface area contributed by atoms with E-state index in [4.69, 9.17) is 0 Å². The van der Waals surface area contributed by atoms with Crippen LogP contribution in [0.5, 0.6) is 0 Å². The SMILES string of the molecule is CS(=O)(=NC(=O)c1ccsc1)c1ccc(-c2noc(C(F)(F)F)n2)cc1. The van der Waals surface area contributed by atoms with Crippen LogP contribution in [0, 0.1) is 0 Å². The van der Waals surface area contributed by atoms with E-state index in [1.807, 2.05) is 0 Å². The molecule has 0 fully saturated rings. The van der Waals surface area contributed by atoms with Crippen molar-refractivity contribution in [1.29, 1.82) is 0 Å². The van der Waals surface area contributed by atoms with Crippen molar-refractivity contribution in [3.8, 4) is 11.4 Å². The lowest BCUT2D eigenvalue weighted by molar-refractivity contribution is -0.159. The summed E-state index contributed by atoms with van der Waals surface area (Å²) < 4.78 is 58.1. The third-order valence-electron chi connectivity index (χ3n) is 3.24. The van der Waals surface area contributed by atoms with E-state index in [2.05, 4.69) is 19.0 Å². The van der Waals surface area contributed by atoms with Crippen molar-refractivity contribution in [2.24, 2.45) is 4.36 Å². The van der Waals surface area contributed by atoms with E-state index in [-0.39, 0.29) is 16.3 Å². The molecule has 0 saturated carbocycles. The molecule has 0 aliphatic heterocycles. The van der Waals surface area contributed by atoms with Crippen LogP contribution in [-0.2, 0) is 15.9 Å². The minimum atomic E-state index is -4.73. The molecule has 3 rings (SSSR count). The number of rotatable bonds is 3. The second-order valence-electron chi connectivity index (χ2n) is 5.16. The van der Waals surface area contributed by atoms with Gasteiger partial charge in [-0.15, -0.1) is 0 Å². The van der Waals surface area contributed by atoms with Gasteiger partial charge in [-0.2, -0.15) is 33.9 Å². The Morgan fingerprint density at radius 1 is 1.23 bits per heavy atom. The molecule has 2 heterocycles. The Kier molecular flexibility index (Phi) is 4.67. The Hall–Kier alpha value is -2.53. The highest BCUT2D eigenvalue weighted by molar-refractivity contribution is 7.93. The number of amides is 1. The number of hydrogen-bond donors (Lipinski definition) is 0. The van der Waals surface area contributed by atoms with E-state index in [0.29, 0.717) is 5.56 Å². The maximum absolute atomic E-state index is 12.7. The van der Waals surface area contributed by atoms with Crippen molar-refractivity contribution in [3.05, 3.63) is 52.5 Å². The number of alkyl halides is 3. The van der Waals surface area contributed by atoms with Crippen molar-refractivity contribution in [1.82, 2.24) is 10.1 Å². The summed E-state index contributed by atoms with van der Waals surface area (Å²) in [5.41, 5.74) is 0.583. The van der Waals surface area contributed by atoms with Gasteiger partial charge >= 0.3 is 12.1 Å². The van der Waals surface area contributed by atoms with Crippen molar-refractivity contribution in [2.75, 3.05) is 6.26 Å². The highest BCUT2D eigenvalue weighted by atomic mass is 32.2. The normalized spacial score (nSPS) is 14.0. The van der Waals surface area contributed by atoms with Gasteiger partial charge in [0.1, 0.15) is 0 Å². The first-order valence-electron chi connectivity index (χ1n) is 6.97. The molecule has 0 aliphatic carbocycles. The Bertz CT molecular complexity index is 1050. The van der Waals surface area contributed by atoms with Crippen LogP contribution in [0.1, 0.15) is 16.2 Å². The maximum atomic E-state index is 12.7. The monoisotopic (exact) mass is 401 g/mol. The molecule has 1 aromatic carbocycles. The predicted octanol–water partition coefficient (Wildman–Crippen LogP) is 4.11. The third kappa shape index (κ3) is 3.83. The van der Waals surface area contributed by atoms with Crippen LogP contribution in [0.3, 0.4) is 0 Å². The minimum absolute atomic E-state index is 0.243. The van der Waals surface area contributed by atoms with Gasteiger partial charge in [0, 0.05) is 22.1 Å². The number of carbonyl (C=O) groups is 1. The largest absolute Gasteiger partial charge is 0.471 e. The average Bonchev–Trinajstić information content (AvgIpc) is 3.26. The lowest BCUT2D eigenvalue weighted by Gasteiger charge is -2.04. The second kappa shape index (κ2) is 6.65. The van der Waals surface area contributed by atoms with Gasteiger partial charge in [0.25, 0.3) is 5.91 Å². The van der Waals surface area contributed by atoms with Crippen molar-refractivity contribution in [2.45, 2.75) is 11.1 Å². The summed E-state index contributed by atoms with van der Waals surface area (Å²) >= 11 is 1.32. The fraction of sp³-hybridized carbons (Fsp3) is 0.133. The zero-order valence-electron chi connectivity index (χ0n) is 13.1. The van der Waals surface area contributed by atoms with Crippen molar-refractivity contribution >= 4 is 27.0 Å². The van der Waals surface area contributed by atoms with Gasteiger partial charge in [-0.1, -0.05) is 5.16 Å². The zero-order chi connectivity index (χ0) is 18.9. The average molecular weight is 401 g/mol. The molecule has 0 aliphatic rings. The number of carbonyl (C=O) groups excluding carboxylic acids is 1. The van der Waals surface area contributed by atoms with E-state index < -0.39 is 27.7 Å². The summed E-state index contributed by atoms with van der Waals surface area (Å²) in [6.07, 6.45) is -3.42. The molecule has 6 nitrogen and oxygen atoms in total. The van der Waals surface area contributed by atoms with Crippen LogP contribution in [0.15, 0.2) is 54.9 Å². The first-order chi connectivity index (χ1) is 12.2. The van der Waals surface area contributed by atoms with E-state index in [1.54, 1.807) is 16.8 Å². The Morgan fingerprint density at radius 3 is 2.46 bits per heavy atom. The van der Waals surface area contributed by atoms with E-state index in [0.717, 1.165) is 0 Å². The van der Waals surface area contributed by atoms with Crippen LogP contribution in [0.2, 0.25) is 0 Å². The summed E-state index contributed by atoms with van der Waals surface area (Å²) in [5.74, 6) is -2.30. The number of thiophene rings is 1. The second-order valence-corrected chi connectivity index (χ2v) is 8.20. The molecule has 0 spiro atoms. The summed E-state index contributed by atoms with van der Waals surface area (Å²) in [6, 6.07) is 7.13. The quantitative estimate of drug-likeness (QED) is 0.659. The molecule has 1 unspecified atom stereocenters. The number of benzene rings is 1. The smallest absolute Gasteiger partial charge is 0.329 e. The number of halogens is 3. The molecule has 0 saturated heterocycles. The summed E-state index contributed by atoms with van der Waals surface area (Å²) in [5, 5.41) is 6.57. The topological polar surface area (TPSA) is 85.4 Å². The molecule has 1 amide bonds. The number of nitrogens with zero attached hydrogens (tertiary/aromatic N) is 3. The van der Waals surface area contributed by atoms with Crippen LogP contribution in [0.25, 0.3) is 11.4 Å². The Labute approximate surface area is 149 Å². The summed E-state index contributed by atoms with van der Waals surface area (Å²) in [6.45, 7) is 0. The van der Waals surface area contributed by atoms with E-state index in [9.17, 15) is 22.2 Å². The van der Waals surface area contributed by atoms with Gasteiger partial charge in [0.2, 0.25) is 5.82 Å². The molecule has 136 valence electrons. The van der Waals surface area contributed by atoms with E-state index in [1.165, 1.54) is 41.9 Å². The van der Waals surface area contributed by atoms with Crippen LogP contribution >= 0.6 is 11.3 Å². The van der Waals surface area contributed by atoms with Gasteiger partial charge < -0.3 is 4.52 Å². The van der Waals surface area contributed by atoms with Gasteiger partial charge in [0.05, 0.1) is 15.3 Å². The third-order valence-corrected chi connectivity index (χ3v) is 5.59. The molecule has 1 atom stereocenters. The fourth-order valence-electron chi connectivity index (χ4n) is 1.96. The molecule has 26 heavy (non-hydrogen) atoms. The number of hydrogen-bond acceptors (Lipinski definition) is 6. The fourth-order valence-corrected chi connectivity index (χ4v) is 3.76. The molecule has 0 bridgehead atoms. The minimum Gasteiger partial charge on any atom is -0.329 e. The van der Waals surface area contributed by atoms with Crippen LogP contribution in [0.4, 0.5) is 13.2 Å². The molecular weight excluding hydrogens is 391 g/mol. The van der Waals surface area contributed by atoms with Gasteiger partial charge in [-0.05, 0) is 35.7 Å². The molecule has 3 aromatic rings. The molecule has 0 radical (unpaired) electrons. The standard InChI is InChI=1S/C15H10F3N3O3S2/c1-26(23,21-13(22)10-6-7-25-8-10)11-4-2-9(3-5-11)12-19-14(24-20-12)15(16,17)18/h2-8H,1H3. The van der Waals surface area contributed by atoms with Gasteiger partial charge in [-0.3, -0.25) is 4.79 Å². The maximum Gasteiger partial charge on any atom is 0.471 e. The van der Waals surface area contributed by atoms with E-state index >= 15 is 0 Å². The van der Waals surface area contributed by atoms with Gasteiger partial charge in [0.15, 0.2) is 0 Å². The van der Waals surface area contributed by atoms with Crippen molar-refractivity contribution < 1.29 is 26.7 Å². The molecular formula is C15H10F3N3O3S2. The van der Waals surface area contributed by atoms with Crippen LogP contribution < -0.4 is 0 Å². The van der Waals surface area contributed by atoms with Crippen LogP contribution in [-0.4, -0.2) is 26.5 Å². The Balaban J connectivity index is 1.88. The zero-order valence-corrected chi connectivity index (χ0v) is 14.7. The van der Waals surface area contributed by atoms with Gasteiger partial charge in [-0.25, -0.2) is 4.21 Å². The molecule has 2 aromatic heterocycles. The molecule has 11 heteroatoms. The number of aromatic nitrogens is 2. The van der Waals surface area contributed by atoms with Crippen molar-refractivity contribution in [3.63, 3.8) is 0 Å². The molecule has 0 N–H and O–H groups in total. The first-order valence-corrected chi connectivity index (χ1v) is 9.83. The Morgan fingerprint density at radius 2 is 1.92 bits per heavy atom. The predicted molar refractivity (Wildman–Crippen MR) is 88.1 cm³/mol.